The Morgan fingerprint density at radius 3 is 2.50 bits per heavy atom. The van der Waals surface area contributed by atoms with Crippen LogP contribution in [0.15, 0.2) is 60.1 Å². The fourth-order valence-electron chi connectivity index (χ4n) is 3.42. The molecule has 0 saturated carbocycles. The van der Waals surface area contributed by atoms with Crippen molar-refractivity contribution in [1.82, 2.24) is 4.98 Å². The maximum Gasteiger partial charge on any atom is 0.416 e. The molecule has 4 rings (SSSR count). The number of rotatable bonds is 9. The van der Waals surface area contributed by atoms with Gasteiger partial charge >= 0.3 is 12.1 Å². The second kappa shape index (κ2) is 10.8. The van der Waals surface area contributed by atoms with Crippen LogP contribution in [0.1, 0.15) is 27.0 Å². The van der Waals surface area contributed by atoms with Crippen molar-refractivity contribution in [2.45, 2.75) is 19.4 Å². The Morgan fingerprint density at radius 2 is 1.78 bits per heavy atom. The Labute approximate surface area is 207 Å². The summed E-state index contributed by atoms with van der Waals surface area (Å²) in [7, 11) is 0. The molecule has 0 amide bonds. The van der Waals surface area contributed by atoms with Gasteiger partial charge in [-0.15, -0.1) is 11.3 Å². The summed E-state index contributed by atoms with van der Waals surface area (Å²) in [5, 5.41) is 11.3. The highest BCUT2D eigenvalue weighted by atomic mass is 32.1. The van der Waals surface area contributed by atoms with E-state index in [1.54, 1.807) is 35.7 Å². The number of benzene rings is 2. The molecule has 0 aliphatic rings. The van der Waals surface area contributed by atoms with E-state index in [0.717, 1.165) is 12.1 Å². The van der Waals surface area contributed by atoms with E-state index in [1.165, 1.54) is 23.6 Å². The topological polar surface area (TPSA) is 104 Å². The molecular weight excluding hydrogens is 497 g/mol. The number of ether oxygens (including phenoxy) is 3. The van der Waals surface area contributed by atoms with Crippen LogP contribution >= 0.6 is 11.3 Å². The van der Waals surface area contributed by atoms with E-state index in [4.69, 9.17) is 25.1 Å². The van der Waals surface area contributed by atoms with Gasteiger partial charge in [0.05, 0.1) is 22.4 Å². The van der Waals surface area contributed by atoms with Gasteiger partial charge in [0, 0.05) is 23.2 Å². The Hall–Kier alpha value is -3.83. The van der Waals surface area contributed by atoms with E-state index in [2.05, 4.69) is 4.98 Å². The summed E-state index contributed by atoms with van der Waals surface area (Å²) in [4.78, 5) is 16.4. The molecule has 11 heteroatoms. The average Bonchev–Trinajstić information content (AvgIpc) is 3.30. The molecule has 0 radical (unpaired) electrons. The van der Waals surface area contributed by atoms with Gasteiger partial charge in [-0.25, -0.2) is 9.78 Å². The molecule has 0 unspecified atom stereocenters. The van der Waals surface area contributed by atoms with Crippen molar-refractivity contribution in [3.63, 3.8) is 0 Å². The maximum atomic E-state index is 12.9. The average molecular weight is 519 g/mol. The first-order chi connectivity index (χ1) is 17.3. The number of hydrogen-bond acceptors (Lipinski definition) is 8. The normalized spacial score (nSPS) is 11.4. The van der Waals surface area contributed by atoms with E-state index in [9.17, 15) is 18.0 Å². The van der Waals surface area contributed by atoms with Gasteiger partial charge < -0.3 is 25.1 Å². The Bertz CT molecular complexity index is 1370. The minimum absolute atomic E-state index is 0.0418. The van der Waals surface area contributed by atoms with Crippen LogP contribution in [0.5, 0.6) is 11.5 Å². The quantitative estimate of drug-likeness (QED) is 0.293. The molecule has 7 nitrogen and oxygen atoms in total. The minimum Gasteiger partial charge on any atom is -0.489 e. The molecule has 4 aromatic rings. The van der Waals surface area contributed by atoms with Crippen molar-refractivity contribution in [1.29, 1.82) is 0 Å². The van der Waals surface area contributed by atoms with Gasteiger partial charge in [-0.3, -0.25) is 0 Å². The van der Waals surface area contributed by atoms with Gasteiger partial charge in [0.2, 0.25) is 0 Å². The van der Waals surface area contributed by atoms with E-state index >= 15 is 0 Å². The number of alkyl halides is 3. The summed E-state index contributed by atoms with van der Waals surface area (Å²) in [6.45, 7) is -0.334. The number of carbonyl (C=O) groups excluding carboxylic acids is 1. The molecule has 2 heterocycles. The SMILES string of the molecule is Nc1ncc(C(=O)OCCO)c2scc(COc3cccc(OCc4cccc(C(F)(F)F)c4)c3)c12. The summed E-state index contributed by atoms with van der Waals surface area (Å²) in [5.41, 5.74) is 6.66. The van der Waals surface area contributed by atoms with Gasteiger partial charge in [0.1, 0.15) is 37.1 Å². The largest absolute Gasteiger partial charge is 0.489 e. The van der Waals surface area contributed by atoms with E-state index in [1.807, 2.05) is 0 Å². The van der Waals surface area contributed by atoms with Crippen LogP contribution in [0.2, 0.25) is 0 Å². The highest BCUT2D eigenvalue weighted by Gasteiger charge is 2.30. The number of esters is 1. The van der Waals surface area contributed by atoms with Crippen molar-refractivity contribution in [2.75, 3.05) is 18.9 Å². The lowest BCUT2D eigenvalue weighted by molar-refractivity contribution is -0.137. The summed E-state index contributed by atoms with van der Waals surface area (Å²) in [6, 6.07) is 11.7. The highest BCUT2D eigenvalue weighted by Crippen LogP contribution is 2.34. The summed E-state index contributed by atoms with van der Waals surface area (Å²) < 4.78 is 55.9. The van der Waals surface area contributed by atoms with Gasteiger partial charge in [0.15, 0.2) is 0 Å². The van der Waals surface area contributed by atoms with Gasteiger partial charge in [-0.05, 0) is 35.2 Å². The van der Waals surface area contributed by atoms with Crippen LogP contribution in [0, 0.1) is 0 Å². The fraction of sp³-hybridized carbons (Fsp3) is 0.200. The van der Waals surface area contributed by atoms with Crippen LogP contribution in [0.4, 0.5) is 19.0 Å². The van der Waals surface area contributed by atoms with Crippen LogP contribution in [-0.4, -0.2) is 29.3 Å². The molecular formula is C25H21F3N2O5S. The number of aliphatic hydroxyl groups is 1. The zero-order valence-corrected chi connectivity index (χ0v) is 19.6. The second-order valence-electron chi connectivity index (χ2n) is 7.63. The molecule has 2 aromatic carbocycles. The predicted octanol–water partition coefficient (Wildman–Crippen LogP) is 5.20. The van der Waals surface area contributed by atoms with Crippen molar-refractivity contribution >= 4 is 33.2 Å². The van der Waals surface area contributed by atoms with Gasteiger partial charge in [0.25, 0.3) is 0 Å². The number of aliphatic hydroxyl groups excluding tert-OH is 1. The zero-order valence-electron chi connectivity index (χ0n) is 18.7. The monoisotopic (exact) mass is 518 g/mol. The molecule has 0 aliphatic carbocycles. The predicted molar refractivity (Wildman–Crippen MR) is 128 cm³/mol. The third-order valence-corrected chi connectivity index (χ3v) is 6.17. The first kappa shape index (κ1) is 25.3. The van der Waals surface area contributed by atoms with E-state index in [0.29, 0.717) is 32.7 Å². The number of nitrogen functional groups attached to an aromatic ring is 1. The molecule has 0 spiro atoms. The lowest BCUT2D eigenvalue weighted by Crippen LogP contribution is -2.10. The third-order valence-electron chi connectivity index (χ3n) is 5.10. The lowest BCUT2D eigenvalue weighted by Gasteiger charge is -2.11. The molecule has 188 valence electrons. The summed E-state index contributed by atoms with van der Waals surface area (Å²) in [6.07, 6.45) is -3.08. The van der Waals surface area contributed by atoms with Crippen molar-refractivity contribution < 1.29 is 37.3 Å². The number of hydrogen-bond donors (Lipinski definition) is 2. The first-order valence-electron chi connectivity index (χ1n) is 10.7. The standard InChI is InChI=1S/C25H21F3N2O5S/c26-25(27,28)17-4-1-3-15(9-17)12-34-18-5-2-6-19(10-18)35-13-16-14-36-22-20(24(32)33-8-7-31)11-30-23(29)21(16)22/h1-6,9-11,14,31H,7-8,12-13H2,(H2,29,30). The molecule has 0 bridgehead atoms. The van der Waals surface area contributed by atoms with E-state index < -0.39 is 17.7 Å². The third kappa shape index (κ3) is 5.86. The molecule has 2 aromatic heterocycles. The van der Waals surface area contributed by atoms with E-state index in [-0.39, 0.29) is 37.8 Å². The van der Waals surface area contributed by atoms with Crippen LogP contribution < -0.4 is 15.2 Å². The molecule has 0 atom stereocenters. The number of nitrogens with zero attached hydrogens (tertiary/aromatic N) is 1. The minimum atomic E-state index is -4.42. The number of nitrogens with two attached hydrogens (primary N) is 1. The van der Waals surface area contributed by atoms with Crippen LogP contribution in [0.25, 0.3) is 10.1 Å². The van der Waals surface area contributed by atoms with Crippen LogP contribution in [-0.2, 0) is 24.1 Å². The number of thiophene rings is 1. The van der Waals surface area contributed by atoms with Crippen molar-refractivity contribution in [2.24, 2.45) is 0 Å². The van der Waals surface area contributed by atoms with Gasteiger partial charge in [-0.2, -0.15) is 13.2 Å². The van der Waals surface area contributed by atoms with Crippen LogP contribution in [0.3, 0.4) is 0 Å². The molecule has 0 saturated heterocycles. The molecule has 0 fully saturated rings. The smallest absolute Gasteiger partial charge is 0.416 e. The maximum absolute atomic E-state index is 12.9. The molecule has 0 aliphatic heterocycles. The molecule has 36 heavy (non-hydrogen) atoms. The van der Waals surface area contributed by atoms with Crippen molar-refractivity contribution in [3.8, 4) is 11.5 Å². The Balaban J connectivity index is 1.44. The zero-order chi connectivity index (χ0) is 25.7. The summed E-state index contributed by atoms with van der Waals surface area (Å²) >= 11 is 1.30. The Kier molecular flexibility index (Phi) is 7.61. The number of anilines is 1. The number of halogens is 3. The highest BCUT2D eigenvalue weighted by molar-refractivity contribution is 7.17. The summed E-state index contributed by atoms with van der Waals surface area (Å²) in [5.74, 6) is 0.527. The fourth-order valence-corrected chi connectivity index (χ4v) is 4.48. The number of aromatic nitrogens is 1. The van der Waals surface area contributed by atoms with Crippen molar-refractivity contribution in [3.05, 3.63) is 82.4 Å². The molecule has 3 N–H and O–H groups in total. The number of pyridine rings is 1. The van der Waals surface area contributed by atoms with Gasteiger partial charge in [-0.1, -0.05) is 18.2 Å². The second-order valence-corrected chi connectivity index (χ2v) is 8.51. The first-order valence-corrected chi connectivity index (χ1v) is 11.6. The Morgan fingerprint density at radius 1 is 1.06 bits per heavy atom. The lowest BCUT2D eigenvalue weighted by atomic mass is 10.1. The number of carbonyl (C=O) groups is 1. The number of fused-ring (bicyclic) bond motifs is 1.